The van der Waals surface area contributed by atoms with Crippen LogP contribution in [-0.2, 0) is 0 Å². The minimum absolute atomic E-state index is 0.139. The van der Waals surface area contributed by atoms with Gasteiger partial charge >= 0.3 is 0 Å². The minimum atomic E-state index is -0.206. The number of nitrogens with zero attached hydrogens (tertiary/aromatic N) is 2. The van der Waals surface area contributed by atoms with Gasteiger partial charge in [0.25, 0.3) is 0 Å². The predicted octanol–water partition coefficient (Wildman–Crippen LogP) is 3.10. The number of fused-ring (bicyclic) bond motifs is 1. The van der Waals surface area contributed by atoms with Crippen molar-refractivity contribution < 1.29 is 9.59 Å². The van der Waals surface area contributed by atoms with E-state index < -0.39 is 0 Å². The van der Waals surface area contributed by atoms with Gasteiger partial charge in [-0.2, -0.15) is 5.10 Å². The Bertz CT molecular complexity index is 833. The summed E-state index contributed by atoms with van der Waals surface area (Å²) in [6, 6.07) is 12.8. The number of rotatable bonds is 4. The molecule has 4 nitrogen and oxygen atoms in total. The van der Waals surface area contributed by atoms with E-state index in [1.807, 2.05) is 37.3 Å². The van der Waals surface area contributed by atoms with E-state index in [0.29, 0.717) is 11.1 Å². The average Bonchev–Trinajstić information content (AvgIpc) is 2.91. The van der Waals surface area contributed by atoms with Gasteiger partial charge in [0.2, 0.25) is 0 Å². The number of benzene rings is 1. The monoisotopic (exact) mass is 278 g/mol. The quantitative estimate of drug-likeness (QED) is 0.544. The Morgan fingerprint density at radius 2 is 1.95 bits per heavy atom. The summed E-state index contributed by atoms with van der Waals surface area (Å²) in [5, 5.41) is 4.12. The number of Topliss-reactive ketones (excluding diaryl/α,β-unsaturated/α-hetero) is 2. The van der Waals surface area contributed by atoms with E-state index in [1.54, 1.807) is 22.8 Å². The van der Waals surface area contributed by atoms with Crippen LogP contribution in [0.2, 0.25) is 0 Å². The van der Waals surface area contributed by atoms with Crippen LogP contribution in [0.5, 0.6) is 0 Å². The highest BCUT2D eigenvalue weighted by atomic mass is 16.1. The van der Waals surface area contributed by atoms with E-state index in [9.17, 15) is 9.59 Å². The maximum Gasteiger partial charge on any atom is 0.174 e. The van der Waals surface area contributed by atoms with Gasteiger partial charge in [-0.05, 0) is 25.1 Å². The number of hydrogen-bond donors (Lipinski definition) is 0. The molecular weight excluding hydrogens is 264 g/mol. The maximum atomic E-state index is 12.3. The zero-order valence-corrected chi connectivity index (χ0v) is 11.6. The molecule has 1 aromatic carbocycles. The first-order chi connectivity index (χ1) is 10.1. The number of pyridine rings is 1. The topological polar surface area (TPSA) is 51.4 Å². The zero-order chi connectivity index (χ0) is 14.8. The van der Waals surface area contributed by atoms with Crippen LogP contribution in [0.25, 0.3) is 5.52 Å². The van der Waals surface area contributed by atoms with E-state index in [4.69, 9.17) is 0 Å². The van der Waals surface area contributed by atoms with Gasteiger partial charge in [0.15, 0.2) is 11.6 Å². The van der Waals surface area contributed by atoms with Gasteiger partial charge in [0.05, 0.1) is 23.7 Å². The van der Waals surface area contributed by atoms with Crippen LogP contribution in [0.3, 0.4) is 0 Å². The summed E-state index contributed by atoms with van der Waals surface area (Å²) >= 11 is 0. The lowest BCUT2D eigenvalue weighted by Crippen LogP contribution is -2.08. The van der Waals surface area contributed by atoms with Crippen molar-refractivity contribution in [1.82, 2.24) is 9.61 Å². The number of ketones is 2. The molecule has 0 amide bonds. The molecule has 2 aromatic heterocycles. The molecule has 0 N–H and O–H groups in total. The van der Waals surface area contributed by atoms with E-state index in [2.05, 4.69) is 5.10 Å². The molecule has 0 aliphatic heterocycles. The predicted molar refractivity (Wildman–Crippen MR) is 79.6 cm³/mol. The van der Waals surface area contributed by atoms with Gasteiger partial charge in [0.1, 0.15) is 0 Å². The number of aromatic nitrogens is 2. The van der Waals surface area contributed by atoms with Crippen LogP contribution in [0.1, 0.15) is 32.7 Å². The van der Waals surface area contributed by atoms with Crippen molar-refractivity contribution in [2.45, 2.75) is 13.3 Å². The lowest BCUT2D eigenvalue weighted by atomic mass is 10.0. The molecule has 21 heavy (non-hydrogen) atoms. The fourth-order valence-electron chi connectivity index (χ4n) is 2.31. The smallest absolute Gasteiger partial charge is 0.174 e. The standard InChI is InChI=1S/C17H14N2O2/c1-12-5-4-6-13(9-12)16(20)10-17(21)14-11-18-19-8-3-2-7-15(14)19/h2-9,11H,10H2,1H3. The molecule has 0 fully saturated rings. The second-order valence-corrected chi connectivity index (χ2v) is 4.98. The molecule has 0 atom stereocenters. The molecule has 0 aliphatic rings. The molecule has 0 unspecified atom stereocenters. The zero-order valence-electron chi connectivity index (χ0n) is 11.6. The van der Waals surface area contributed by atoms with Gasteiger partial charge in [-0.25, -0.2) is 4.52 Å². The lowest BCUT2D eigenvalue weighted by Gasteiger charge is -2.01. The number of carbonyl (C=O) groups is 2. The van der Waals surface area contributed by atoms with E-state index in [0.717, 1.165) is 11.1 Å². The van der Waals surface area contributed by atoms with Crippen molar-refractivity contribution in [1.29, 1.82) is 0 Å². The van der Waals surface area contributed by atoms with E-state index in [-0.39, 0.29) is 18.0 Å². The van der Waals surface area contributed by atoms with Gasteiger partial charge in [-0.15, -0.1) is 0 Å². The molecule has 4 heteroatoms. The number of carbonyl (C=O) groups excluding carboxylic acids is 2. The van der Waals surface area contributed by atoms with Crippen LogP contribution < -0.4 is 0 Å². The summed E-state index contributed by atoms with van der Waals surface area (Å²) in [7, 11) is 0. The SMILES string of the molecule is Cc1cccc(C(=O)CC(=O)c2cnn3ccccc23)c1. The second-order valence-electron chi connectivity index (χ2n) is 4.98. The highest BCUT2D eigenvalue weighted by Crippen LogP contribution is 2.14. The molecule has 0 saturated carbocycles. The molecule has 0 aliphatic carbocycles. The molecule has 0 saturated heterocycles. The van der Waals surface area contributed by atoms with Crippen molar-refractivity contribution in [2.75, 3.05) is 0 Å². The molecule has 0 radical (unpaired) electrons. The fraction of sp³-hybridized carbons (Fsp3) is 0.118. The van der Waals surface area contributed by atoms with Crippen molar-refractivity contribution >= 4 is 17.1 Å². The Balaban J connectivity index is 1.85. The average molecular weight is 278 g/mol. The first-order valence-corrected chi connectivity index (χ1v) is 6.70. The van der Waals surface area contributed by atoms with Crippen LogP contribution >= 0.6 is 0 Å². The van der Waals surface area contributed by atoms with Crippen LogP contribution in [0.4, 0.5) is 0 Å². The summed E-state index contributed by atoms with van der Waals surface area (Å²) in [6.45, 7) is 1.92. The van der Waals surface area contributed by atoms with Gasteiger partial charge in [-0.1, -0.05) is 29.8 Å². The van der Waals surface area contributed by atoms with Gasteiger partial charge in [-0.3, -0.25) is 9.59 Å². The van der Waals surface area contributed by atoms with Crippen LogP contribution in [0.15, 0.2) is 54.9 Å². The highest BCUT2D eigenvalue weighted by Gasteiger charge is 2.17. The summed E-state index contributed by atoms with van der Waals surface area (Å²) in [5.41, 5.74) is 2.78. The maximum absolute atomic E-state index is 12.3. The molecule has 104 valence electrons. The molecular formula is C17H14N2O2. The van der Waals surface area contributed by atoms with Crippen molar-refractivity contribution in [3.05, 3.63) is 71.5 Å². The Morgan fingerprint density at radius 1 is 1.10 bits per heavy atom. The van der Waals surface area contributed by atoms with Gasteiger partial charge in [0, 0.05) is 11.8 Å². The third-order valence-corrected chi connectivity index (χ3v) is 3.39. The third kappa shape index (κ3) is 2.60. The second kappa shape index (κ2) is 5.32. The van der Waals surface area contributed by atoms with Crippen molar-refractivity contribution in [3.63, 3.8) is 0 Å². The first kappa shape index (κ1) is 13.2. The number of hydrogen-bond acceptors (Lipinski definition) is 3. The van der Waals surface area contributed by atoms with E-state index in [1.165, 1.54) is 6.20 Å². The Labute approximate surface area is 122 Å². The summed E-state index contributed by atoms with van der Waals surface area (Å²) < 4.78 is 1.63. The van der Waals surface area contributed by atoms with E-state index >= 15 is 0 Å². The third-order valence-electron chi connectivity index (χ3n) is 3.39. The fourth-order valence-corrected chi connectivity index (χ4v) is 2.31. The normalized spacial score (nSPS) is 10.7. The largest absolute Gasteiger partial charge is 0.294 e. The van der Waals surface area contributed by atoms with Gasteiger partial charge < -0.3 is 0 Å². The van der Waals surface area contributed by atoms with Crippen molar-refractivity contribution in [2.24, 2.45) is 0 Å². The Kier molecular flexibility index (Phi) is 3.36. The molecule has 3 rings (SSSR count). The molecule has 2 heterocycles. The summed E-state index contributed by atoms with van der Waals surface area (Å²) in [5.74, 6) is -0.373. The minimum Gasteiger partial charge on any atom is -0.294 e. The lowest BCUT2D eigenvalue weighted by molar-refractivity contribution is 0.0895. The Hall–Kier alpha value is -2.75. The summed E-state index contributed by atoms with van der Waals surface area (Å²) in [6.07, 6.45) is 3.15. The molecule has 0 bridgehead atoms. The first-order valence-electron chi connectivity index (χ1n) is 6.70. The van der Waals surface area contributed by atoms with Crippen molar-refractivity contribution in [3.8, 4) is 0 Å². The molecule has 3 aromatic rings. The Morgan fingerprint density at radius 3 is 2.76 bits per heavy atom. The van der Waals surface area contributed by atoms with Crippen LogP contribution in [-0.4, -0.2) is 21.2 Å². The highest BCUT2D eigenvalue weighted by molar-refractivity contribution is 6.15. The number of aryl methyl sites for hydroxylation is 1. The molecule has 0 spiro atoms. The van der Waals surface area contributed by atoms with Crippen LogP contribution in [0, 0.1) is 6.92 Å². The summed E-state index contributed by atoms with van der Waals surface area (Å²) in [4.78, 5) is 24.5.